The largest absolute Gasteiger partial charge is 0.494 e. The van der Waals surface area contributed by atoms with E-state index >= 15 is 0 Å². The zero-order valence-corrected chi connectivity index (χ0v) is 11.2. The van der Waals surface area contributed by atoms with E-state index in [0.717, 1.165) is 12.2 Å². The van der Waals surface area contributed by atoms with Gasteiger partial charge in [-0.25, -0.2) is 0 Å². The van der Waals surface area contributed by atoms with Crippen molar-refractivity contribution in [3.8, 4) is 5.75 Å². The average Bonchev–Trinajstić information content (AvgIpc) is 2.41. The van der Waals surface area contributed by atoms with Crippen LogP contribution in [0.15, 0.2) is 48.5 Å². The lowest BCUT2D eigenvalue weighted by Gasteiger charge is -2.35. The smallest absolute Gasteiger partial charge is 0.119 e. The van der Waals surface area contributed by atoms with Crippen LogP contribution in [0, 0.1) is 0 Å². The van der Waals surface area contributed by atoms with Crippen molar-refractivity contribution < 1.29 is 4.74 Å². The normalized spacial score (nSPS) is 18.3. The molecule has 0 bridgehead atoms. The fraction of sp³-hybridized carbons (Fsp3) is 0.294. The topological polar surface area (TPSA) is 35.2 Å². The Hall–Kier alpha value is -1.80. The van der Waals surface area contributed by atoms with Crippen LogP contribution in [0.3, 0.4) is 0 Å². The molecule has 0 heterocycles. The van der Waals surface area contributed by atoms with Crippen LogP contribution in [-0.4, -0.2) is 6.61 Å². The fourth-order valence-corrected chi connectivity index (χ4v) is 2.80. The van der Waals surface area contributed by atoms with E-state index in [4.69, 9.17) is 10.5 Å². The van der Waals surface area contributed by atoms with Crippen molar-refractivity contribution in [2.45, 2.75) is 25.3 Å². The highest BCUT2D eigenvalue weighted by molar-refractivity contribution is 5.43. The lowest BCUT2D eigenvalue weighted by atomic mass is 9.72. The maximum absolute atomic E-state index is 6.40. The molecule has 2 heteroatoms. The molecule has 98 valence electrons. The third-order valence-corrected chi connectivity index (χ3v) is 3.90. The maximum atomic E-state index is 6.40. The molecule has 2 atom stereocenters. The van der Waals surface area contributed by atoms with Crippen LogP contribution in [-0.2, 0) is 6.42 Å². The summed E-state index contributed by atoms with van der Waals surface area (Å²) in [6.45, 7) is 2.69. The van der Waals surface area contributed by atoms with Crippen LogP contribution in [0.5, 0.6) is 5.75 Å². The van der Waals surface area contributed by atoms with Crippen molar-refractivity contribution in [1.29, 1.82) is 0 Å². The van der Waals surface area contributed by atoms with Crippen LogP contribution < -0.4 is 10.5 Å². The summed E-state index contributed by atoms with van der Waals surface area (Å²) in [5, 5.41) is 0. The molecule has 1 aliphatic carbocycles. The van der Waals surface area contributed by atoms with Crippen molar-refractivity contribution in [3.63, 3.8) is 0 Å². The third-order valence-electron chi connectivity index (χ3n) is 3.90. The summed E-state index contributed by atoms with van der Waals surface area (Å²) in [6.07, 6.45) is 1.09. The molecule has 3 rings (SSSR count). The Bertz CT molecular complexity index is 562. The predicted octanol–water partition coefficient (Wildman–Crippen LogP) is 3.43. The van der Waals surface area contributed by atoms with Gasteiger partial charge in [-0.1, -0.05) is 36.4 Å². The first-order chi connectivity index (χ1) is 9.29. The quantitative estimate of drug-likeness (QED) is 0.906. The standard InChI is InChI=1S/C17H19NO/c1-2-19-14-9-7-12(8-10-14)17(18)16-11-13-5-3-4-6-15(13)16/h3-10,16-17H,2,11,18H2,1H3. The van der Waals surface area contributed by atoms with Crippen molar-refractivity contribution in [1.82, 2.24) is 0 Å². The van der Waals surface area contributed by atoms with Crippen LogP contribution >= 0.6 is 0 Å². The second-order valence-electron chi connectivity index (χ2n) is 5.04. The highest BCUT2D eigenvalue weighted by atomic mass is 16.5. The second-order valence-corrected chi connectivity index (χ2v) is 5.04. The fourth-order valence-electron chi connectivity index (χ4n) is 2.80. The maximum Gasteiger partial charge on any atom is 0.119 e. The van der Waals surface area contributed by atoms with Crippen LogP contribution in [0.2, 0.25) is 0 Å². The Morgan fingerprint density at radius 1 is 1.16 bits per heavy atom. The Morgan fingerprint density at radius 2 is 1.89 bits per heavy atom. The minimum absolute atomic E-state index is 0.0746. The molecule has 2 nitrogen and oxygen atoms in total. The lowest BCUT2D eigenvalue weighted by Crippen LogP contribution is -2.28. The van der Waals surface area contributed by atoms with Gasteiger partial charge in [-0.05, 0) is 42.2 Å². The molecular formula is C17H19NO. The molecule has 2 N–H and O–H groups in total. The van der Waals surface area contributed by atoms with Gasteiger partial charge in [0.05, 0.1) is 6.61 Å². The van der Waals surface area contributed by atoms with Gasteiger partial charge < -0.3 is 10.5 Å². The van der Waals surface area contributed by atoms with E-state index in [1.165, 1.54) is 16.7 Å². The number of hydrogen-bond acceptors (Lipinski definition) is 2. The van der Waals surface area contributed by atoms with Gasteiger partial charge in [0.25, 0.3) is 0 Å². The van der Waals surface area contributed by atoms with Gasteiger partial charge >= 0.3 is 0 Å². The van der Waals surface area contributed by atoms with Crippen LogP contribution in [0.4, 0.5) is 0 Å². The lowest BCUT2D eigenvalue weighted by molar-refractivity contribution is 0.340. The highest BCUT2D eigenvalue weighted by Crippen LogP contribution is 2.42. The monoisotopic (exact) mass is 253 g/mol. The van der Waals surface area contributed by atoms with E-state index in [-0.39, 0.29) is 6.04 Å². The Labute approximate surface area is 114 Å². The first-order valence-corrected chi connectivity index (χ1v) is 6.85. The van der Waals surface area contributed by atoms with Crippen molar-refractivity contribution in [2.75, 3.05) is 6.61 Å². The summed E-state index contributed by atoms with van der Waals surface area (Å²) in [5.74, 6) is 1.36. The van der Waals surface area contributed by atoms with Gasteiger partial charge in [0.15, 0.2) is 0 Å². The molecule has 19 heavy (non-hydrogen) atoms. The Morgan fingerprint density at radius 3 is 2.58 bits per heavy atom. The number of fused-ring (bicyclic) bond motifs is 1. The SMILES string of the molecule is CCOc1ccc(C(N)C2Cc3ccccc32)cc1. The van der Waals surface area contributed by atoms with Gasteiger partial charge in [0, 0.05) is 12.0 Å². The molecule has 2 aromatic rings. The van der Waals surface area contributed by atoms with Crippen molar-refractivity contribution in [3.05, 3.63) is 65.2 Å². The van der Waals surface area contributed by atoms with Gasteiger partial charge in [0.1, 0.15) is 5.75 Å². The first-order valence-electron chi connectivity index (χ1n) is 6.85. The molecule has 0 aliphatic heterocycles. The van der Waals surface area contributed by atoms with Crippen molar-refractivity contribution in [2.24, 2.45) is 5.73 Å². The van der Waals surface area contributed by atoms with Gasteiger partial charge in [0.2, 0.25) is 0 Å². The minimum atomic E-state index is 0.0746. The van der Waals surface area contributed by atoms with E-state index < -0.39 is 0 Å². The molecule has 0 radical (unpaired) electrons. The third kappa shape index (κ3) is 2.24. The number of nitrogens with two attached hydrogens (primary N) is 1. The number of ether oxygens (including phenoxy) is 1. The molecule has 1 aliphatic rings. The number of rotatable bonds is 4. The molecule has 0 saturated heterocycles. The van der Waals surface area contributed by atoms with Gasteiger partial charge in [-0.15, -0.1) is 0 Å². The molecule has 0 spiro atoms. The molecule has 2 aromatic carbocycles. The highest BCUT2D eigenvalue weighted by Gasteiger charge is 2.31. The summed E-state index contributed by atoms with van der Waals surface area (Å²) >= 11 is 0. The predicted molar refractivity (Wildman–Crippen MR) is 77.4 cm³/mol. The summed E-state index contributed by atoms with van der Waals surface area (Å²) < 4.78 is 5.46. The molecule has 0 fully saturated rings. The zero-order valence-electron chi connectivity index (χ0n) is 11.2. The molecular weight excluding hydrogens is 234 g/mol. The average molecular weight is 253 g/mol. The summed E-state index contributed by atoms with van der Waals surface area (Å²) in [5.41, 5.74) is 10.4. The van der Waals surface area contributed by atoms with Crippen LogP contribution in [0.25, 0.3) is 0 Å². The van der Waals surface area contributed by atoms with Gasteiger partial charge in [-0.2, -0.15) is 0 Å². The van der Waals surface area contributed by atoms with E-state index in [1.807, 2.05) is 19.1 Å². The Balaban J connectivity index is 1.76. The zero-order chi connectivity index (χ0) is 13.2. The first kappa shape index (κ1) is 12.2. The molecule has 0 amide bonds. The summed E-state index contributed by atoms with van der Waals surface area (Å²) in [7, 11) is 0. The molecule has 0 aromatic heterocycles. The summed E-state index contributed by atoms with van der Waals surface area (Å²) in [4.78, 5) is 0. The van der Waals surface area contributed by atoms with E-state index in [9.17, 15) is 0 Å². The number of benzene rings is 2. The van der Waals surface area contributed by atoms with Crippen LogP contribution in [0.1, 0.15) is 35.6 Å². The van der Waals surface area contributed by atoms with E-state index in [1.54, 1.807) is 0 Å². The molecule has 2 unspecified atom stereocenters. The van der Waals surface area contributed by atoms with E-state index in [0.29, 0.717) is 12.5 Å². The van der Waals surface area contributed by atoms with Gasteiger partial charge in [-0.3, -0.25) is 0 Å². The van der Waals surface area contributed by atoms with Crippen molar-refractivity contribution >= 4 is 0 Å². The molecule has 0 saturated carbocycles. The Kier molecular flexibility index (Phi) is 3.26. The number of hydrogen-bond donors (Lipinski definition) is 1. The van der Waals surface area contributed by atoms with E-state index in [2.05, 4.69) is 36.4 Å². The minimum Gasteiger partial charge on any atom is -0.494 e. The second kappa shape index (κ2) is 5.06. The summed E-state index contributed by atoms with van der Waals surface area (Å²) in [6, 6.07) is 16.8.